The largest absolute Gasteiger partial charge is 0.327 e. The predicted octanol–water partition coefficient (Wildman–Crippen LogP) is 3.29. The van der Waals surface area contributed by atoms with E-state index >= 15 is 0 Å². The Morgan fingerprint density at radius 2 is 2.27 bits per heavy atom. The summed E-state index contributed by atoms with van der Waals surface area (Å²) in [5, 5.41) is 3.51. The second-order valence-electron chi connectivity index (χ2n) is 5.77. The SMILES string of the molecule is CC(N)C1CCCCN1CCC(=O)Nc1cccc(Cl)c1.Cl. The third-order valence-corrected chi connectivity index (χ3v) is 4.24. The van der Waals surface area contributed by atoms with Gasteiger partial charge in [-0.2, -0.15) is 0 Å². The third-order valence-electron chi connectivity index (χ3n) is 4.01. The minimum absolute atomic E-state index is 0. The lowest BCUT2D eigenvalue weighted by atomic mass is 9.97. The van der Waals surface area contributed by atoms with E-state index in [-0.39, 0.29) is 24.4 Å². The van der Waals surface area contributed by atoms with Gasteiger partial charge in [-0.25, -0.2) is 0 Å². The van der Waals surface area contributed by atoms with Gasteiger partial charge in [-0.05, 0) is 44.5 Å². The molecule has 1 saturated heterocycles. The number of hydrogen-bond acceptors (Lipinski definition) is 3. The summed E-state index contributed by atoms with van der Waals surface area (Å²) in [6.07, 6.45) is 4.04. The lowest BCUT2D eigenvalue weighted by molar-refractivity contribution is -0.116. The Hall–Kier alpha value is -0.810. The molecule has 1 amide bonds. The molecule has 22 heavy (non-hydrogen) atoms. The monoisotopic (exact) mass is 345 g/mol. The Morgan fingerprint density at radius 1 is 1.50 bits per heavy atom. The van der Waals surface area contributed by atoms with E-state index in [4.69, 9.17) is 17.3 Å². The number of anilines is 1. The normalized spacial score (nSPS) is 20.0. The number of rotatable bonds is 5. The van der Waals surface area contributed by atoms with Crippen LogP contribution in [0.4, 0.5) is 5.69 Å². The first-order valence-corrected chi connectivity index (χ1v) is 7.99. The Balaban J connectivity index is 0.00000242. The molecule has 1 fully saturated rings. The van der Waals surface area contributed by atoms with E-state index in [2.05, 4.69) is 17.1 Å². The fourth-order valence-corrected chi connectivity index (χ4v) is 3.11. The average Bonchev–Trinajstić information content (AvgIpc) is 2.45. The molecule has 0 bridgehead atoms. The van der Waals surface area contributed by atoms with Crippen LogP contribution in [0, 0.1) is 0 Å². The summed E-state index contributed by atoms with van der Waals surface area (Å²) in [6, 6.07) is 7.77. The van der Waals surface area contributed by atoms with Crippen LogP contribution in [0.2, 0.25) is 5.02 Å². The molecule has 0 spiro atoms. The van der Waals surface area contributed by atoms with Crippen molar-refractivity contribution >= 4 is 35.6 Å². The molecule has 2 atom stereocenters. The maximum Gasteiger partial charge on any atom is 0.225 e. The van der Waals surface area contributed by atoms with Crippen LogP contribution < -0.4 is 11.1 Å². The molecule has 1 aromatic carbocycles. The maximum absolute atomic E-state index is 12.0. The van der Waals surface area contributed by atoms with E-state index in [1.165, 1.54) is 12.8 Å². The number of nitrogens with zero attached hydrogens (tertiary/aromatic N) is 1. The highest BCUT2D eigenvalue weighted by molar-refractivity contribution is 6.30. The lowest BCUT2D eigenvalue weighted by Crippen LogP contribution is -2.49. The molecular formula is C16H25Cl2N3O. The summed E-state index contributed by atoms with van der Waals surface area (Å²) in [5.41, 5.74) is 6.79. The van der Waals surface area contributed by atoms with Crippen LogP contribution in [0.15, 0.2) is 24.3 Å². The van der Waals surface area contributed by atoms with Gasteiger partial charge in [-0.3, -0.25) is 9.69 Å². The van der Waals surface area contributed by atoms with Gasteiger partial charge in [0, 0.05) is 35.8 Å². The van der Waals surface area contributed by atoms with Gasteiger partial charge in [0.25, 0.3) is 0 Å². The predicted molar refractivity (Wildman–Crippen MR) is 94.8 cm³/mol. The van der Waals surface area contributed by atoms with Crippen molar-refractivity contribution in [3.8, 4) is 0 Å². The number of piperidine rings is 1. The van der Waals surface area contributed by atoms with Gasteiger partial charge in [-0.15, -0.1) is 12.4 Å². The smallest absolute Gasteiger partial charge is 0.225 e. The van der Waals surface area contributed by atoms with Crippen LogP contribution in [0.5, 0.6) is 0 Å². The van der Waals surface area contributed by atoms with Crippen LogP contribution in [0.25, 0.3) is 0 Å². The summed E-state index contributed by atoms with van der Waals surface area (Å²) < 4.78 is 0. The summed E-state index contributed by atoms with van der Waals surface area (Å²) in [6.45, 7) is 3.85. The minimum atomic E-state index is 0. The zero-order valence-corrected chi connectivity index (χ0v) is 14.5. The quantitative estimate of drug-likeness (QED) is 0.860. The topological polar surface area (TPSA) is 58.4 Å². The van der Waals surface area contributed by atoms with E-state index in [0.29, 0.717) is 17.5 Å². The highest BCUT2D eigenvalue weighted by Crippen LogP contribution is 2.19. The molecule has 3 N–H and O–H groups in total. The van der Waals surface area contributed by atoms with Crippen molar-refractivity contribution in [1.29, 1.82) is 0 Å². The van der Waals surface area contributed by atoms with Crippen molar-refractivity contribution in [3.05, 3.63) is 29.3 Å². The number of carbonyl (C=O) groups excluding carboxylic acids is 1. The number of nitrogens with two attached hydrogens (primary N) is 1. The number of nitrogens with one attached hydrogen (secondary N) is 1. The number of benzene rings is 1. The Morgan fingerprint density at radius 3 is 2.95 bits per heavy atom. The maximum atomic E-state index is 12.0. The highest BCUT2D eigenvalue weighted by Gasteiger charge is 2.25. The van der Waals surface area contributed by atoms with E-state index in [1.807, 2.05) is 12.1 Å². The lowest BCUT2D eigenvalue weighted by Gasteiger charge is -2.37. The molecule has 0 aromatic heterocycles. The summed E-state index contributed by atoms with van der Waals surface area (Å²) in [7, 11) is 0. The molecule has 4 nitrogen and oxygen atoms in total. The molecule has 1 aliphatic rings. The van der Waals surface area contributed by atoms with E-state index < -0.39 is 0 Å². The van der Waals surface area contributed by atoms with Gasteiger partial charge < -0.3 is 11.1 Å². The first-order chi connectivity index (χ1) is 10.1. The summed E-state index contributed by atoms with van der Waals surface area (Å²) >= 11 is 5.91. The number of likely N-dealkylation sites (tertiary alicyclic amines) is 1. The second-order valence-corrected chi connectivity index (χ2v) is 6.20. The van der Waals surface area contributed by atoms with Gasteiger partial charge in [-0.1, -0.05) is 24.1 Å². The molecule has 1 aromatic rings. The van der Waals surface area contributed by atoms with E-state index in [1.54, 1.807) is 12.1 Å². The van der Waals surface area contributed by atoms with Crippen molar-refractivity contribution in [2.45, 2.75) is 44.7 Å². The molecule has 0 radical (unpaired) electrons. The summed E-state index contributed by atoms with van der Waals surface area (Å²) in [5.74, 6) is 0.0197. The van der Waals surface area contributed by atoms with Crippen LogP contribution >= 0.6 is 24.0 Å². The molecule has 2 unspecified atom stereocenters. The fraction of sp³-hybridized carbons (Fsp3) is 0.562. The number of carbonyl (C=O) groups is 1. The van der Waals surface area contributed by atoms with Crippen molar-refractivity contribution in [2.24, 2.45) is 5.73 Å². The first-order valence-electron chi connectivity index (χ1n) is 7.61. The molecule has 6 heteroatoms. The zero-order valence-electron chi connectivity index (χ0n) is 12.9. The molecule has 0 saturated carbocycles. The van der Waals surface area contributed by atoms with Gasteiger partial charge in [0.05, 0.1) is 0 Å². The molecule has 1 aliphatic heterocycles. The molecular weight excluding hydrogens is 321 g/mol. The van der Waals surface area contributed by atoms with Gasteiger partial charge in [0.2, 0.25) is 5.91 Å². The minimum Gasteiger partial charge on any atom is -0.327 e. The van der Waals surface area contributed by atoms with Crippen LogP contribution in [0.3, 0.4) is 0 Å². The molecule has 1 heterocycles. The number of halogens is 2. The number of hydrogen-bond donors (Lipinski definition) is 2. The highest BCUT2D eigenvalue weighted by atomic mass is 35.5. The van der Waals surface area contributed by atoms with Gasteiger partial charge in [0.1, 0.15) is 0 Å². The Kier molecular flexibility index (Phi) is 8.18. The molecule has 0 aliphatic carbocycles. The number of amides is 1. The van der Waals surface area contributed by atoms with Crippen LogP contribution in [-0.4, -0.2) is 36.0 Å². The van der Waals surface area contributed by atoms with Gasteiger partial charge >= 0.3 is 0 Å². The zero-order chi connectivity index (χ0) is 15.2. The Bertz CT molecular complexity index is 482. The molecule has 2 rings (SSSR count). The van der Waals surface area contributed by atoms with Crippen molar-refractivity contribution in [1.82, 2.24) is 4.90 Å². The standard InChI is InChI=1S/C16H24ClN3O.ClH/c1-12(18)15-7-2-3-9-20(15)10-8-16(21)19-14-6-4-5-13(17)11-14;/h4-6,11-12,15H,2-3,7-10,18H2,1H3,(H,19,21);1H. The first kappa shape index (κ1) is 19.2. The second kappa shape index (κ2) is 9.36. The van der Waals surface area contributed by atoms with Crippen molar-refractivity contribution < 1.29 is 4.79 Å². The van der Waals surface area contributed by atoms with Crippen molar-refractivity contribution in [3.63, 3.8) is 0 Å². The summed E-state index contributed by atoms with van der Waals surface area (Å²) in [4.78, 5) is 14.4. The van der Waals surface area contributed by atoms with E-state index in [9.17, 15) is 4.79 Å². The van der Waals surface area contributed by atoms with E-state index in [0.717, 1.165) is 25.2 Å². The third kappa shape index (κ3) is 5.76. The Labute approximate surface area is 143 Å². The average molecular weight is 346 g/mol. The van der Waals surface area contributed by atoms with Crippen LogP contribution in [-0.2, 0) is 4.79 Å². The molecule has 124 valence electrons. The fourth-order valence-electron chi connectivity index (χ4n) is 2.92. The van der Waals surface area contributed by atoms with Crippen LogP contribution in [0.1, 0.15) is 32.6 Å². The van der Waals surface area contributed by atoms with Gasteiger partial charge in [0.15, 0.2) is 0 Å². The van der Waals surface area contributed by atoms with Crippen molar-refractivity contribution in [2.75, 3.05) is 18.4 Å².